The van der Waals surface area contributed by atoms with Crippen LogP contribution in [0.4, 0.5) is 0 Å². The van der Waals surface area contributed by atoms with Gasteiger partial charge in [0, 0.05) is 18.7 Å². The van der Waals surface area contributed by atoms with Crippen molar-refractivity contribution >= 4 is 0 Å². The van der Waals surface area contributed by atoms with Crippen LogP contribution in [0, 0.1) is 0 Å². The molecule has 2 nitrogen and oxygen atoms in total. The largest absolute Gasteiger partial charge is 1.00 e. The molecule has 0 aliphatic carbocycles. The molecule has 1 heterocycles. The second-order valence-corrected chi connectivity index (χ2v) is 7.85. The summed E-state index contributed by atoms with van der Waals surface area (Å²) in [5.74, 6) is 0. The van der Waals surface area contributed by atoms with Crippen molar-refractivity contribution in [2.45, 2.75) is 116 Å². The molecule has 158 valence electrons. The Balaban J connectivity index is 0.00000676. The van der Waals surface area contributed by atoms with Crippen LogP contribution in [0.2, 0.25) is 0 Å². The van der Waals surface area contributed by atoms with Crippen molar-refractivity contribution in [1.29, 1.82) is 0 Å². The Hall–Kier alpha value is -0.410. The Kier molecular flexibility index (Phi) is 20.0. The van der Waals surface area contributed by atoms with E-state index in [0.717, 1.165) is 13.2 Å². The van der Waals surface area contributed by atoms with Gasteiger partial charge in [-0.15, -0.1) is 0 Å². The van der Waals surface area contributed by atoms with E-state index in [4.69, 9.17) is 4.74 Å². The zero-order valence-electron chi connectivity index (χ0n) is 18.0. The molecule has 1 rings (SSSR count). The topological polar surface area (TPSA) is 13.1 Å². The summed E-state index contributed by atoms with van der Waals surface area (Å²) in [5, 5.41) is 0. The minimum Gasteiger partial charge on any atom is -1.00 e. The van der Waals surface area contributed by atoms with Crippen LogP contribution in [0.3, 0.4) is 0 Å². The third kappa shape index (κ3) is 17.4. The maximum atomic E-state index is 5.93. The van der Waals surface area contributed by atoms with E-state index >= 15 is 0 Å². The molecule has 0 N–H and O–H groups in total. The minimum absolute atomic E-state index is 0. The average molecular weight is 443 g/mol. The van der Waals surface area contributed by atoms with E-state index in [0.29, 0.717) is 6.10 Å². The van der Waals surface area contributed by atoms with E-state index in [-0.39, 0.29) is 17.0 Å². The third-order valence-electron chi connectivity index (χ3n) is 5.15. The van der Waals surface area contributed by atoms with E-state index < -0.39 is 0 Å². The Labute approximate surface area is 179 Å². The first-order chi connectivity index (χ1) is 12.8. The van der Waals surface area contributed by atoms with Gasteiger partial charge in [0.2, 0.25) is 0 Å². The van der Waals surface area contributed by atoms with E-state index in [1.54, 1.807) is 0 Å². The first-order valence-electron chi connectivity index (χ1n) is 11.4. The molecule has 0 aliphatic rings. The highest BCUT2D eigenvalue weighted by atomic mass is 79.9. The first-order valence-corrected chi connectivity index (χ1v) is 11.4. The van der Waals surface area contributed by atoms with E-state index in [9.17, 15) is 0 Å². The Morgan fingerprint density at radius 3 is 1.59 bits per heavy atom. The molecule has 0 fully saturated rings. The van der Waals surface area contributed by atoms with Gasteiger partial charge >= 0.3 is 0 Å². The highest BCUT2D eigenvalue weighted by molar-refractivity contribution is 4.83. The van der Waals surface area contributed by atoms with Crippen LogP contribution in [-0.2, 0) is 11.3 Å². The molecule has 27 heavy (non-hydrogen) atoms. The fourth-order valence-corrected chi connectivity index (χ4v) is 3.49. The minimum atomic E-state index is 0. The van der Waals surface area contributed by atoms with Gasteiger partial charge in [-0.3, -0.25) is 0 Å². The molecule has 1 unspecified atom stereocenters. The molecule has 0 radical (unpaired) electrons. The molecule has 3 heteroatoms. The maximum Gasteiger partial charge on any atom is 0.174 e. The number of unbranched alkanes of at least 4 members (excludes halogenated alkanes) is 13. The van der Waals surface area contributed by atoms with Gasteiger partial charge in [0.1, 0.15) is 6.10 Å². The normalized spacial score (nSPS) is 11.9. The summed E-state index contributed by atoms with van der Waals surface area (Å²) in [6, 6.07) is 6.19. The van der Waals surface area contributed by atoms with Gasteiger partial charge < -0.3 is 21.7 Å². The summed E-state index contributed by atoms with van der Waals surface area (Å²) in [6.07, 6.45) is 24.2. The monoisotopic (exact) mass is 441 g/mol. The van der Waals surface area contributed by atoms with Crippen LogP contribution in [0.1, 0.15) is 104 Å². The number of hydrogen-bond acceptors (Lipinski definition) is 1. The number of pyridine rings is 1. The van der Waals surface area contributed by atoms with Crippen LogP contribution < -0.4 is 21.5 Å². The summed E-state index contributed by atoms with van der Waals surface area (Å²) in [6.45, 7) is 6.31. The van der Waals surface area contributed by atoms with E-state index in [2.05, 4.69) is 49.0 Å². The molecule has 1 atom stereocenters. The Morgan fingerprint density at radius 1 is 0.667 bits per heavy atom. The SMILES string of the molecule is CCCCCCCCCCCCCCCCOC(C)C[n+]1ccccc1.[Br-]. The maximum absolute atomic E-state index is 5.93. The van der Waals surface area contributed by atoms with Gasteiger partial charge in [0.15, 0.2) is 18.9 Å². The van der Waals surface area contributed by atoms with Crippen molar-refractivity contribution < 1.29 is 26.3 Å². The lowest BCUT2D eigenvalue weighted by atomic mass is 10.0. The fourth-order valence-electron chi connectivity index (χ4n) is 3.49. The van der Waals surface area contributed by atoms with E-state index in [1.165, 1.54) is 89.9 Å². The van der Waals surface area contributed by atoms with Gasteiger partial charge in [0.05, 0.1) is 0 Å². The molecular formula is C24H44BrNO. The van der Waals surface area contributed by atoms with Crippen molar-refractivity contribution in [2.24, 2.45) is 0 Å². The highest BCUT2D eigenvalue weighted by Crippen LogP contribution is 2.13. The standard InChI is InChI=1S/C24H44NO.BrH/c1-3-4-5-6-7-8-9-10-11-12-13-14-15-19-22-26-24(2)23-25-20-17-16-18-21-25;/h16-18,20-21,24H,3-15,19,22-23H2,1-2H3;1H/q+1;/p-1. The zero-order chi connectivity index (χ0) is 18.7. The summed E-state index contributed by atoms with van der Waals surface area (Å²) in [5.41, 5.74) is 0. The molecule has 0 spiro atoms. The van der Waals surface area contributed by atoms with Gasteiger partial charge in [-0.05, 0) is 13.3 Å². The van der Waals surface area contributed by atoms with Crippen molar-refractivity contribution in [1.82, 2.24) is 0 Å². The third-order valence-corrected chi connectivity index (χ3v) is 5.15. The smallest absolute Gasteiger partial charge is 0.174 e. The number of aromatic nitrogens is 1. The number of rotatable bonds is 18. The lowest BCUT2D eigenvalue weighted by Gasteiger charge is -2.10. The second-order valence-electron chi connectivity index (χ2n) is 7.85. The van der Waals surface area contributed by atoms with Crippen molar-refractivity contribution in [3.8, 4) is 0 Å². The van der Waals surface area contributed by atoms with Gasteiger partial charge in [-0.2, -0.15) is 0 Å². The number of halogens is 1. The number of hydrogen-bond donors (Lipinski definition) is 0. The van der Waals surface area contributed by atoms with Crippen molar-refractivity contribution in [2.75, 3.05) is 6.61 Å². The second kappa shape index (κ2) is 20.3. The predicted octanol–water partition coefficient (Wildman–Crippen LogP) is 3.86. The molecule has 0 saturated carbocycles. The van der Waals surface area contributed by atoms with Crippen LogP contribution in [0.25, 0.3) is 0 Å². The van der Waals surface area contributed by atoms with E-state index in [1.807, 2.05) is 0 Å². The molecule has 1 aromatic rings. The molecule has 0 bridgehead atoms. The summed E-state index contributed by atoms with van der Waals surface area (Å²) in [4.78, 5) is 0. The quantitative estimate of drug-likeness (QED) is 0.249. The lowest BCUT2D eigenvalue weighted by molar-refractivity contribution is -0.703. The Bertz CT molecular complexity index is 399. The zero-order valence-corrected chi connectivity index (χ0v) is 19.6. The van der Waals surface area contributed by atoms with Crippen LogP contribution in [-0.4, -0.2) is 12.7 Å². The molecule has 0 amide bonds. The highest BCUT2D eigenvalue weighted by Gasteiger charge is 2.07. The summed E-state index contributed by atoms with van der Waals surface area (Å²) < 4.78 is 8.12. The summed E-state index contributed by atoms with van der Waals surface area (Å²) in [7, 11) is 0. The van der Waals surface area contributed by atoms with Crippen molar-refractivity contribution in [3.05, 3.63) is 30.6 Å². The molecule has 0 aliphatic heterocycles. The number of ether oxygens (including phenoxy) is 1. The molecule has 0 saturated heterocycles. The number of nitrogens with zero attached hydrogens (tertiary/aromatic N) is 1. The van der Waals surface area contributed by atoms with Gasteiger partial charge in [-0.25, -0.2) is 4.57 Å². The predicted molar refractivity (Wildman–Crippen MR) is 112 cm³/mol. The lowest BCUT2D eigenvalue weighted by Crippen LogP contribution is -3.00. The molecular weight excluding hydrogens is 398 g/mol. The Morgan fingerprint density at radius 2 is 1.11 bits per heavy atom. The summed E-state index contributed by atoms with van der Waals surface area (Å²) >= 11 is 0. The van der Waals surface area contributed by atoms with Crippen LogP contribution >= 0.6 is 0 Å². The molecule has 0 aromatic carbocycles. The average Bonchev–Trinajstić information content (AvgIpc) is 2.65. The van der Waals surface area contributed by atoms with Crippen molar-refractivity contribution in [3.63, 3.8) is 0 Å². The fraction of sp³-hybridized carbons (Fsp3) is 0.792. The van der Waals surface area contributed by atoms with Crippen LogP contribution in [0.5, 0.6) is 0 Å². The van der Waals surface area contributed by atoms with Gasteiger partial charge in [-0.1, -0.05) is 96.5 Å². The first kappa shape index (κ1) is 26.6. The molecule has 1 aromatic heterocycles. The van der Waals surface area contributed by atoms with Gasteiger partial charge in [0.25, 0.3) is 0 Å². The van der Waals surface area contributed by atoms with Crippen LogP contribution in [0.15, 0.2) is 30.6 Å².